The van der Waals surface area contributed by atoms with Crippen molar-refractivity contribution in [3.05, 3.63) is 42.0 Å². The molecule has 0 saturated carbocycles. The molecular formula is C16H21N3OS. The van der Waals surface area contributed by atoms with Gasteiger partial charge in [-0.1, -0.05) is 26.0 Å². The summed E-state index contributed by atoms with van der Waals surface area (Å²) < 4.78 is 6.03. The molecule has 21 heavy (non-hydrogen) atoms. The van der Waals surface area contributed by atoms with Crippen molar-refractivity contribution in [2.45, 2.75) is 31.2 Å². The maximum Gasteiger partial charge on any atom is 0.168 e. The number of hydrogen-bond acceptors (Lipinski definition) is 5. The van der Waals surface area contributed by atoms with Crippen LogP contribution in [0.3, 0.4) is 0 Å². The molecule has 0 saturated heterocycles. The summed E-state index contributed by atoms with van der Waals surface area (Å²) >= 11 is 1.66. The lowest BCUT2D eigenvalue weighted by Gasteiger charge is -2.14. The number of aromatic nitrogens is 2. The number of ether oxygens (including phenoxy) is 1. The van der Waals surface area contributed by atoms with Gasteiger partial charge in [0.15, 0.2) is 5.75 Å². The molecule has 0 unspecified atom stereocenters. The van der Waals surface area contributed by atoms with Crippen molar-refractivity contribution in [2.24, 2.45) is 0 Å². The fourth-order valence-electron chi connectivity index (χ4n) is 1.90. The van der Waals surface area contributed by atoms with Gasteiger partial charge in [0.1, 0.15) is 17.3 Å². The number of para-hydroxylation sites is 1. The summed E-state index contributed by atoms with van der Waals surface area (Å²) in [5.74, 6) is 2.68. The lowest BCUT2D eigenvalue weighted by atomic mass is 10.2. The Labute approximate surface area is 130 Å². The highest BCUT2D eigenvalue weighted by Crippen LogP contribution is 2.32. The van der Waals surface area contributed by atoms with E-state index in [1.165, 1.54) is 0 Å². The van der Waals surface area contributed by atoms with Crippen LogP contribution < -0.4 is 10.1 Å². The Bertz CT molecular complexity index is 602. The van der Waals surface area contributed by atoms with Crippen LogP contribution in [0.25, 0.3) is 0 Å². The summed E-state index contributed by atoms with van der Waals surface area (Å²) in [6, 6.07) is 7.98. The van der Waals surface area contributed by atoms with Crippen molar-refractivity contribution in [2.75, 3.05) is 13.3 Å². The molecule has 4 nitrogen and oxygen atoms in total. The van der Waals surface area contributed by atoms with E-state index >= 15 is 0 Å². The molecule has 0 aliphatic carbocycles. The highest BCUT2D eigenvalue weighted by molar-refractivity contribution is 7.98. The molecule has 0 radical (unpaired) electrons. The van der Waals surface area contributed by atoms with Crippen LogP contribution in [-0.4, -0.2) is 23.3 Å². The van der Waals surface area contributed by atoms with Gasteiger partial charge >= 0.3 is 0 Å². The van der Waals surface area contributed by atoms with Gasteiger partial charge in [-0.05, 0) is 25.4 Å². The molecule has 1 aromatic carbocycles. The summed E-state index contributed by atoms with van der Waals surface area (Å²) in [4.78, 5) is 10.1. The van der Waals surface area contributed by atoms with Gasteiger partial charge in [0, 0.05) is 17.4 Å². The lowest BCUT2D eigenvalue weighted by molar-refractivity contribution is 0.454. The molecule has 0 amide bonds. The van der Waals surface area contributed by atoms with Gasteiger partial charge in [-0.25, -0.2) is 9.97 Å². The van der Waals surface area contributed by atoms with E-state index < -0.39 is 0 Å². The number of benzene rings is 1. The van der Waals surface area contributed by atoms with E-state index in [2.05, 4.69) is 29.1 Å². The third kappa shape index (κ3) is 3.95. The van der Waals surface area contributed by atoms with E-state index in [9.17, 15) is 0 Å². The molecule has 1 aromatic heterocycles. The van der Waals surface area contributed by atoms with Gasteiger partial charge in [0.25, 0.3) is 0 Å². The van der Waals surface area contributed by atoms with Crippen molar-refractivity contribution in [1.29, 1.82) is 0 Å². The molecule has 0 aliphatic rings. The van der Waals surface area contributed by atoms with Crippen LogP contribution in [0, 0.1) is 0 Å². The van der Waals surface area contributed by atoms with E-state index in [0.717, 1.165) is 22.2 Å². The van der Waals surface area contributed by atoms with Crippen LogP contribution in [0.5, 0.6) is 11.5 Å². The highest BCUT2D eigenvalue weighted by atomic mass is 32.2. The summed E-state index contributed by atoms with van der Waals surface area (Å²) in [5, 5.41) is 3.13. The van der Waals surface area contributed by atoms with Crippen LogP contribution in [0.4, 0.5) is 0 Å². The molecule has 0 fully saturated rings. The number of nitrogens with one attached hydrogen (secondary N) is 1. The van der Waals surface area contributed by atoms with Crippen LogP contribution in [0.15, 0.2) is 35.4 Å². The van der Waals surface area contributed by atoms with Gasteiger partial charge in [-0.15, -0.1) is 11.8 Å². The summed E-state index contributed by atoms with van der Waals surface area (Å²) in [6.45, 7) is 4.82. The zero-order valence-electron chi connectivity index (χ0n) is 12.9. The quantitative estimate of drug-likeness (QED) is 0.822. The number of thioether (sulfide) groups is 1. The minimum absolute atomic E-state index is 0.299. The molecule has 2 rings (SSSR count). The topological polar surface area (TPSA) is 47.0 Å². The number of rotatable bonds is 6. The average molecular weight is 303 g/mol. The monoisotopic (exact) mass is 303 g/mol. The Kier molecular flexibility index (Phi) is 5.59. The van der Waals surface area contributed by atoms with Crippen molar-refractivity contribution in [3.63, 3.8) is 0 Å². The smallest absolute Gasteiger partial charge is 0.168 e. The van der Waals surface area contributed by atoms with Crippen molar-refractivity contribution >= 4 is 11.8 Å². The summed E-state index contributed by atoms with van der Waals surface area (Å²) in [6.07, 6.45) is 3.81. The zero-order valence-corrected chi connectivity index (χ0v) is 13.7. The molecular weight excluding hydrogens is 282 g/mol. The minimum atomic E-state index is 0.299. The zero-order chi connectivity index (χ0) is 15.2. The van der Waals surface area contributed by atoms with Crippen LogP contribution >= 0.6 is 11.8 Å². The Balaban J connectivity index is 2.34. The predicted molar refractivity (Wildman–Crippen MR) is 87.2 cm³/mol. The van der Waals surface area contributed by atoms with Crippen molar-refractivity contribution in [3.8, 4) is 11.5 Å². The Morgan fingerprint density at radius 3 is 2.67 bits per heavy atom. The molecule has 1 N–H and O–H groups in total. The van der Waals surface area contributed by atoms with E-state index in [1.807, 2.05) is 37.6 Å². The minimum Gasteiger partial charge on any atom is -0.453 e. The Morgan fingerprint density at radius 1 is 1.24 bits per heavy atom. The van der Waals surface area contributed by atoms with Crippen LogP contribution in [0.2, 0.25) is 0 Å². The number of hydrogen-bond donors (Lipinski definition) is 1. The Hall–Kier alpha value is -1.59. The maximum atomic E-state index is 6.03. The largest absolute Gasteiger partial charge is 0.453 e. The maximum absolute atomic E-state index is 6.03. The lowest BCUT2D eigenvalue weighted by Crippen LogP contribution is -2.11. The van der Waals surface area contributed by atoms with Crippen molar-refractivity contribution in [1.82, 2.24) is 15.3 Å². The Morgan fingerprint density at radius 2 is 2.00 bits per heavy atom. The first-order valence-corrected chi connectivity index (χ1v) is 8.19. The molecule has 0 atom stereocenters. The summed E-state index contributed by atoms with van der Waals surface area (Å²) in [5.41, 5.74) is 0.882. The van der Waals surface area contributed by atoms with Crippen LogP contribution in [-0.2, 0) is 6.54 Å². The average Bonchev–Trinajstić information content (AvgIpc) is 2.49. The molecule has 112 valence electrons. The normalized spacial score (nSPS) is 10.9. The molecule has 1 heterocycles. The van der Waals surface area contributed by atoms with Gasteiger partial charge in [0.2, 0.25) is 0 Å². The molecule has 0 spiro atoms. The second kappa shape index (κ2) is 7.43. The number of nitrogens with zero attached hydrogens (tertiary/aromatic N) is 2. The van der Waals surface area contributed by atoms with Gasteiger partial charge < -0.3 is 10.1 Å². The van der Waals surface area contributed by atoms with E-state index in [1.54, 1.807) is 18.0 Å². The SMILES string of the molecule is CNCc1nc(C(C)C)ncc1Oc1ccccc1SC. The first kappa shape index (κ1) is 15.8. The standard InChI is InChI=1S/C16H21N3OS/c1-11(2)16-18-10-14(12(19-16)9-17-3)20-13-7-5-6-8-15(13)21-4/h5-8,10-11,17H,9H2,1-4H3. The third-order valence-electron chi connectivity index (χ3n) is 3.00. The van der Waals surface area contributed by atoms with Crippen molar-refractivity contribution < 1.29 is 4.74 Å². The second-order valence-corrected chi connectivity index (χ2v) is 5.83. The van der Waals surface area contributed by atoms with Gasteiger partial charge in [-0.2, -0.15) is 0 Å². The fourth-order valence-corrected chi connectivity index (χ4v) is 2.43. The molecule has 5 heteroatoms. The van der Waals surface area contributed by atoms with E-state index in [4.69, 9.17) is 4.74 Å². The third-order valence-corrected chi connectivity index (χ3v) is 3.77. The van der Waals surface area contributed by atoms with E-state index in [0.29, 0.717) is 18.2 Å². The summed E-state index contributed by atoms with van der Waals surface area (Å²) in [7, 11) is 1.90. The molecule has 0 aliphatic heterocycles. The van der Waals surface area contributed by atoms with Gasteiger partial charge in [0.05, 0.1) is 6.20 Å². The second-order valence-electron chi connectivity index (χ2n) is 4.98. The predicted octanol–water partition coefficient (Wildman–Crippen LogP) is 3.83. The molecule has 0 bridgehead atoms. The first-order chi connectivity index (χ1) is 10.2. The van der Waals surface area contributed by atoms with Gasteiger partial charge in [-0.3, -0.25) is 0 Å². The van der Waals surface area contributed by atoms with Crippen LogP contribution in [0.1, 0.15) is 31.3 Å². The highest BCUT2D eigenvalue weighted by Gasteiger charge is 2.12. The molecule has 2 aromatic rings. The van der Waals surface area contributed by atoms with E-state index in [-0.39, 0.29) is 0 Å². The fraction of sp³-hybridized carbons (Fsp3) is 0.375. The first-order valence-electron chi connectivity index (χ1n) is 6.97.